The van der Waals surface area contributed by atoms with Gasteiger partial charge in [-0.2, -0.15) is 4.98 Å². The van der Waals surface area contributed by atoms with Gasteiger partial charge in [0.25, 0.3) is 5.91 Å². The number of hydrogen-bond donors (Lipinski definition) is 0. The second-order valence-electron chi connectivity index (χ2n) is 4.60. The summed E-state index contributed by atoms with van der Waals surface area (Å²) >= 11 is 1.07. The van der Waals surface area contributed by atoms with Gasteiger partial charge < -0.3 is 9.42 Å². The molecule has 0 spiro atoms. The van der Waals surface area contributed by atoms with Gasteiger partial charge in [-0.25, -0.2) is 0 Å². The van der Waals surface area contributed by atoms with Gasteiger partial charge >= 0.3 is 0 Å². The van der Waals surface area contributed by atoms with Crippen LogP contribution in [-0.4, -0.2) is 42.6 Å². The molecule has 0 bridgehead atoms. The third-order valence-electron chi connectivity index (χ3n) is 2.95. The van der Waals surface area contributed by atoms with E-state index < -0.39 is 0 Å². The fourth-order valence-electron chi connectivity index (χ4n) is 1.81. The van der Waals surface area contributed by atoms with Crippen molar-refractivity contribution in [2.75, 3.05) is 7.05 Å². The van der Waals surface area contributed by atoms with E-state index in [9.17, 15) is 4.79 Å². The smallest absolute Gasteiger partial charge is 0.267 e. The van der Waals surface area contributed by atoms with Crippen LogP contribution in [0.4, 0.5) is 0 Å². The van der Waals surface area contributed by atoms with E-state index in [2.05, 4.69) is 24.7 Å². The van der Waals surface area contributed by atoms with Crippen molar-refractivity contribution in [2.24, 2.45) is 0 Å². The van der Waals surface area contributed by atoms with Crippen molar-refractivity contribution in [2.45, 2.75) is 13.5 Å². The topological polar surface area (TPSA) is 97.9 Å². The molecule has 9 heteroatoms. The van der Waals surface area contributed by atoms with Crippen LogP contribution in [0.3, 0.4) is 0 Å². The number of aromatic nitrogens is 5. The lowest BCUT2D eigenvalue weighted by Gasteiger charge is -2.13. The van der Waals surface area contributed by atoms with Crippen molar-refractivity contribution in [1.82, 2.24) is 29.6 Å². The van der Waals surface area contributed by atoms with Gasteiger partial charge in [0.1, 0.15) is 11.4 Å². The SMILES string of the molecule is Cc1nnsc1C(=O)N(C)Cc1nc(-c2cccnc2)no1. The fraction of sp³-hybridized carbons (Fsp3) is 0.231. The van der Waals surface area contributed by atoms with Crippen LogP contribution >= 0.6 is 11.5 Å². The first-order valence-corrected chi connectivity index (χ1v) is 7.20. The quantitative estimate of drug-likeness (QED) is 0.720. The highest BCUT2D eigenvalue weighted by molar-refractivity contribution is 7.07. The van der Waals surface area contributed by atoms with Gasteiger partial charge in [0.15, 0.2) is 0 Å². The molecule has 0 radical (unpaired) electrons. The van der Waals surface area contributed by atoms with E-state index in [4.69, 9.17) is 4.52 Å². The van der Waals surface area contributed by atoms with Gasteiger partial charge in [-0.15, -0.1) is 5.10 Å². The molecule has 0 aliphatic carbocycles. The summed E-state index contributed by atoms with van der Waals surface area (Å²) in [5.41, 5.74) is 1.37. The van der Waals surface area contributed by atoms with Crippen LogP contribution in [0.5, 0.6) is 0 Å². The summed E-state index contributed by atoms with van der Waals surface area (Å²) in [4.78, 5) is 22.5. The third-order valence-corrected chi connectivity index (χ3v) is 3.77. The Labute approximate surface area is 130 Å². The summed E-state index contributed by atoms with van der Waals surface area (Å²) < 4.78 is 8.94. The van der Waals surface area contributed by atoms with Crippen molar-refractivity contribution < 1.29 is 9.32 Å². The Morgan fingerprint density at radius 3 is 3.00 bits per heavy atom. The maximum Gasteiger partial charge on any atom is 0.267 e. The first-order valence-electron chi connectivity index (χ1n) is 6.42. The highest BCUT2D eigenvalue weighted by atomic mass is 32.1. The van der Waals surface area contributed by atoms with Gasteiger partial charge in [0.2, 0.25) is 11.7 Å². The summed E-state index contributed by atoms with van der Waals surface area (Å²) in [6.45, 7) is 1.96. The predicted molar refractivity (Wildman–Crippen MR) is 78.0 cm³/mol. The molecule has 0 saturated carbocycles. The van der Waals surface area contributed by atoms with Crippen LogP contribution in [0, 0.1) is 6.92 Å². The molecule has 0 fully saturated rings. The molecule has 0 unspecified atom stereocenters. The number of hydrogen-bond acceptors (Lipinski definition) is 8. The van der Waals surface area contributed by atoms with Crippen LogP contribution in [0.1, 0.15) is 21.3 Å². The second-order valence-corrected chi connectivity index (χ2v) is 5.36. The molecule has 22 heavy (non-hydrogen) atoms. The monoisotopic (exact) mass is 316 g/mol. The molecule has 8 nitrogen and oxygen atoms in total. The molecule has 0 aliphatic heterocycles. The largest absolute Gasteiger partial charge is 0.337 e. The van der Waals surface area contributed by atoms with E-state index in [0.29, 0.717) is 22.3 Å². The zero-order valence-electron chi connectivity index (χ0n) is 11.9. The maximum atomic E-state index is 12.3. The summed E-state index contributed by atoms with van der Waals surface area (Å²) in [6.07, 6.45) is 3.32. The Morgan fingerprint density at radius 2 is 2.32 bits per heavy atom. The fourth-order valence-corrected chi connectivity index (χ4v) is 2.46. The number of rotatable bonds is 4. The summed E-state index contributed by atoms with van der Waals surface area (Å²) in [7, 11) is 1.66. The molecule has 3 aromatic rings. The molecule has 0 N–H and O–H groups in total. The van der Waals surface area contributed by atoms with Gasteiger partial charge in [0.05, 0.1) is 5.69 Å². The first-order chi connectivity index (χ1) is 10.6. The second kappa shape index (κ2) is 5.98. The van der Waals surface area contributed by atoms with Gasteiger partial charge in [-0.3, -0.25) is 9.78 Å². The molecule has 1 amide bonds. The molecular weight excluding hydrogens is 304 g/mol. The molecule has 0 aliphatic rings. The van der Waals surface area contributed by atoms with Crippen LogP contribution in [-0.2, 0) is 6.54 Å². The number of amides is 1. The van der Waals surface area contributed by atoms with Crippen LogP contribution in [0.2, 0.25) is 0 Å². The molecule has 3 aromatic heterocycles. The lowest BCUT2D eigenvalue weighted by atomic mass is 10.3. The zero-order chi connectivity index (χ0) is 15.5. The molecule has 0 aromatic carbocycles. The summed E-state index contributed by atoms with van der Waals surface area (Å²) in [5.74, 6) is 0.623. The Balaban J connectivity index is 1.73. The summed E-state index contributed by atoms with van der Waals surface area (Å²) in [6, 6.07) is 3.63. The minimum absolute atomic E-state index is 0.173. The van der Waals surface area contributed by atoms with E-state index in [1.165, 1.54) is 4.90 Å². The minimum atomic E-state index is -0.173. The van der Waals surface area contributed by atoms with E-state index >= 15 is 0 Å². The Kier molecular flexibility index (Phi) is 3.88. The van der Waals surface area contributed by atoms with E-state index in [1.807, 2.05) is 6.07 Å². The lowest BCUT2D eigenvalue weighted by molar-refractivity contribution is 0.0773. The normalized spacial score (nSPS) is 10.6. The Bertz CT molecular complexity index is 785. The van der Waals surface area contributed by atoms with Crippen molar-refractivity contribution in [3.8, 4) is 11.4 Å². The maximum absolute atomic E-state index is 12.3. The minimum Gasteiger partial charge on any atom is -0.337 e. The van der Waals surface area contributed by atoms with Crippen molar-refractivity contribution >= 4 is 17.4 Å². The molecule has 3 heterocycles. The molecule has 0 atom stereocenters. The van der Waals surface area contributed by atoms with Crippen LogP contribution in [0.25, 0.3) is 11.4 Å². The number of carbonyl (C=O) groups is 1. The van der Waals surface area contributed by atoms with Gasteiger partial charge in [-0.05, 0) is 30.6 Å². The highest BCUT2D eigenvalue weighted by Crippen LogP contribution is 2.16. The predicted octanol–water partition coefficient (Wildman–Crippen LogP) is 1.56. The zero-order valence-corrected chi connectivity index (χ0v) is 12.7. The van der Waals surface area contributed by atoms with E-state index in [0.717, 1.165) is 17.1 Å². The van der Waals surface area contributed by atoms with Crippen molar-refractivity contribution in [3.63, 3.8) is 0 Å². The van der Waals surface area contributed by atoms with E-state index in [1.54, 1.807) is 32.4 Å². The van der Waals surface area contributed by atoms with Crippen LogP contribution < -0.4 is 0 Å². The van der Waals surface area contributed by atoms with Crippen LogP contribution in [0.15, 0.2) is 29.0 Å². The average Bonchev–Trinajstić information content (AvgIpc) is 3.16. The molecular formula is C13H12N6O2S. The summed E-state index contributed by atoms with van der Waals surface area (Å²) in [5, 5.41) is 7.73. The van der Waals surface area contributed by atoms with Crippen molar-refractivity contribution in [1.29, 1.82) is 0 Å². The molecule has 3 rings (SSSR count). The highest BCUT2D eigenvalue weighted by Gasteiger charge is 2.20. The van der Waals surface area contributed by atoms with Gasteiger partial charge in [0, 0.05) is 25.0 Å². The lowest BCUT2D eigenvalue weighted by Crippen LogP contribution is -2.26. The average molecular weight is 316 g/mol. The van der Waals surface area contributed by atoms with Crippen molar-refractivity contribution in [3.05, 3.63) is 41.0 Å². The third kappa shape index (κ3) is 2.84. The molecule has 112 valence electrons. The number of aryl methyl sites for hydroxylation is 1. The number of nitrogens with zero attached hydrogens (tertiary/aromatic N) is 6. The number of pyridine rings is 1. The Morgan fingerprint density at radius 1 is 1.45 bits per heavy atom. The molecule has 0 saturated heterocycles. The number of carbonyl (C=O) groups excluding carboxylic acids is 1. The Hall–Kier alpha value is -2.68. The van der Waals surface area contributed by atoms with E-state index in [-0.39, 0.29) is 12.5 Å². The van der Waals surface area contributed by atoms with Gasteiger partial charge in [-0.1, -0.05) is 9.64 Å². The standard InChI is InChI=1S/C13H12N6O2S/c1-8-11(22-18-16-8)13(20)19(2)7-10-15-12(17-21-10)9-4-3-5-14-6-9/h3-6H,7H2,1-2H3. The first kappa shape index (κ1) is 14.3.